The molecule has 4 amide bonds. The number of primary amides is 1. The third-order valence-electron chi connectivity index (χ3n) is 5.93. The molecule has 42 heavy (non-hydrogen) atoms. The van der Waals surface area contributed by atoms with E-state index in [1.54, 1.807) is 110 Å². The Kier molecular flexibility index (Phi) is 10.1. The average molecular weight is 599 g/mol. The number of amides is 4. The van der Waals surface area contributed by atoms with Crippen LogP contribution < -0.4 is 21.7 Å². The summed E-state index contributed by atoms with van der Waals surface area (Å²) in [4.78, 5) is 51.5. The van der Waals surface area contributed by atoms with Crippen molar-refractivity contribution in [1.29, 1.82) is 0 Å². The fourth-order valence-corrected chi connectivity index (χ4v) is 4.87. The largest absolute Gasteiger partial charge is 0.366 e. The number of hydrogen-bond acceptors (Lipinski definition) is 5. The number of rotatable bonds is 10. The van der Waals surface area contributed by atoms with Crippen molar-refractivity contribution >= 4 is 64.4 Å². The van der Waals surface area contributed by atoms with Crippen molar-refractivity contribution in [1.82, 2.24) is 5.32 Å². The molecular weight excluding hydrogens is 572 g/mol. The van der Waals surface area contributed by atoms with Crippen molar-refractivity contribution < 1.29 is 19.2 Å². The van der Waals surface area contributed by atoms with Gasteiger partial charge in [0, 0.05) is 21.2 Å². The molecule has 0 saturated carbocycles. The van der Waals surface area contributed by atoms with Crippen LogP contribution in [0.25, 0.3) is 6.08 Å². The van der Waals surface area contributed by atoms with Crippen LogP contribution in [0.1, 0.15) is 33.2 Å². The average Bonchev–Trinajstić information content (AvgIpc) is 2.98. The third kappa shape index (κ3) is 8.33. The van der Waals surface area contributed by atoms with Gasteiger partial charge in [-0.3, -0.25) is 19.2 Å². The lowest BCUT2D eigenvalue weighted by atomic mass is 10.1. The van der Waals surface area contributed by atoms with Gasteiger partial charge in [0.15, 0.2) is 0 Å². The molecule has 0 bridgehead atoms. The van der Waals surface area contributed by atoms with Crippen molar-refractivity contribution in [3.63, 3.8) is 0 Å². The van der Waals surface area contributed by atoms with Crippen LogP contribution in [-0.4, -0.2) is 28.9 Å². The van der Waals surface area contributed by atoms with Crippen LogP contribution in [0.5, 0.6) is 0 Å². The molecule has 4 aromatic rings. The Morgan fingerprint density at radius 1 is 0.833 bits per heavy atom. The summed E-state index contributed by atoms with van der Waals surface area (Å²) in [5, 5.41) is 8.27. The molecule has 4 rings (SSSR count). The van der Waals surface area contributed by atoms with Gasteiger partial charge in [-0.05, 0) is 73.2 Å². The van der Waals surface area contributed by atoms with E-state index < -0.39 is 23.0 Å². The molecule has 0 radical (unpaired) electrons. The standard InChI is InChI=1S/C32H27ClN4O4S/c1-20(30(39)36-27-13-6-5-12-26(27)29(34)38)42-25-11-7-10-24(19-25)35-32(41)28(18-21-14-16-23(33)17-15-21)37-31(40)22-8-3-2-4-9-22/h2-20H,1H3,(H2,34,38)(H,35,41)(H,36,39)(H,37,40)/b28-18+. The van der Waals surface area contributed by atoms with Gasteiger partial charge in [-0.25, -0.2) is 0 Å². The quantitative estimate of drug-likeness (QED) is 0.132. The Bertz CT molecular complexity index is 1640. The molecule has 1 atom stereocenters. The maximum Gasteiger partial charge on any atom is 0.272 e. The zero-order valence-corrected chi connectivity index (χ0v) is 24.0. The van der Waals surface area contributed by atoms with E-state index in [0.717, 1.165) is 4.90 Å². The van der Waals surface area contributed by atoms with E-state index in [4.69, 9.17) is 17.3 Å². The van der Waals surface area contributed by atoms with Crippen LogP contribution in [0.3, 0.4) is 0 Å². The molecular formula is C32H27ClN4O4S. The highest BCUT2D eigenvalue weighted by Crippen LogP contribution is 2.27. The van der Waals surface area contributed by atoms with E-state index in [0.29, 0.717) is 27.5 Å². The van der Waals surface area contributed by atoms with Gasteiger partial charge in [0.25, 0.3) is 17.7 Å². The lowest BCUT2D eigenvalue weighted by molar-refractivity contribution is -0.115. The maximum absolute atomic E-state index is 13.4. The van der Waals surface area contributed by atoms with E-state index in [1.807, 2.05) is 6.07 Å². The van der Waals surface area contributed by atoms with Crippen LogP contribution in [0.15, 0.2) is 114 Å². The molecule has 0 fully saturated rings. The van der Waals surface area contributed by atoms with Gasteiger partial charge in [-0.15, -0.1) is 11.8 Å². The number of nitrogens with one attached hydrogen (secondary N) is 3. The molecule has 0 aromatic heterocycles. The van der Waals surface area contributed by atoms with Crippen LogP contribution in [-0.2, 0) is 9.59 Å². The minimum Gasteiger partial charge on any atom is -0.366 e. The van der Waals surface area contributed by atoms with E-state index in [-0.39, 0.29) is 17.2 Å². The lowest BCUT2D eigenvalue weighted by Gasteiger charge is -2.15. The monoisotopic (exact) mass is 598 g/mol. The molecule has 0 aliphatic carbocycles. The molecule has 0 aliphatic heterocycles. The molecule has 8 nitrogen and oxygen atoms in total. The number of carbonyl (C=O) groups is 4. The first kappa shape index (κ1) is 30.1. The summed E-state index contributed by atoms with van der Waals surface area (Å²) in [6.45, 7) is 1.73. The Balaban J connectivity index is 1.48. The molecule has 0 spiro atoms. The predicted molar refractivity (Wildman–Crippen MR) is 167 cm³/mol. The van der Waals surface area contributed by atoms with Gasteiger partial charge in [-0.2, -0.15) is 0 Å². The van der Waals surface area contributed by atoms with E-state index in [9.17, 15) is 19.2 Å². The Hall–Kier alpha value is -4.86. The van der Waals surface area contributed by atoms with Crippen molar-refractivity contribution in [2.75, 3.05) is 10.6 Å². The molecule has 4 aromatic carbocycles. The molecule has 1 unspecified atom stereocenters. The highest BCUT2D eigenvalue weighted by molar-refractivity contribution is 8.00. The minimum absolute atomic E-state index is 0.0325. The highest BCUT2D eigenvalue weighted by atomic mass is 35.5. The van der Waals surface area contributed by atoms with Gasteiger partial charge in [0.2, 0.25) is 5.91 Å². The van der Waals surface area contributed by atoms with E-state index in [1.165, 1.54) is 11.8 Å². The number of thioether (sulfide) groups is 1. The van der Waals surface area contributed by atoms with Crippen LogP contribution in [0.4, 0.5) is 11.4 Å². The zero-order chi connectivity index (χ0) is 30.1. The summed E-state index contributed by atoms with van der Waals surface area (Å²) in [6, 6.07) is 28.9. The number of hydrogen-bond donors (Lipinski definition) is 4. The number of benzene rings is 4. The number of para-hydroxylation sites is 1. The van der Waals surface area contributed by atoms with Crippen LogP contribution in [0, 0.1) is 0 Å². The van der Waals surface area contributed by atoms with Crippen LogP contribution in [0.2, 0.25) is 5.02 Å². The molecule has 10 heteroatoms. The van der Waals surface area contributed by atoms with E-state index >= 15 is 0 Å². The molecule has 212 valence electrons. The highest BCUT2D eigenvalue weighted by Gasteiger charge is 2.19. The first-order chi connectivity index (χ1) is 20.2. The molecule has 0 aliphatic rings. The normalized spacial score (nSPS) is 11.7. The summed E-state index contributed by atoms with van der Waals surface area (Å²) < 4.78 is 0. The van der Waals surface area contributed by atoms with Crippen molar-refractivity contribution in [3.8, 4) is 0 Å². The zero-order valence-electron chi connectivity index (χ0n) is 22.5. The summed E-state index contributed by atoms with van der Waals surface area (Å²) >= 11 is 7.27. The number of halogens is 1. The molecule has 0 heterocycles. The summed E-state index contributed by atoms with van der Waals surface area (Å²) in [5.74, 6) is -1.93. The maximum atomic E-state index is 13.4. The lowest BCUT2D eigenvalue weighted by Crippen LogP contribution is -2.30. The predicted octanol–water partition coefficient (Wildman–Crippen LogP) is 5.97. The Labute approximate surface area is 252 Å². The van der Waals surface area contributed by atoms with Crippen LogP contribution >= 0.6 is 23.4 Å². The molecule has 0 saturated heterocycles. The SMILES string of the molecule is CC(Sc1cccc(NC(=O)/C(=C\c2ccc(Cl)cc2)NC(=O)c2ccccc2)c1)C(=O)Nc1ccccc1C(N)=O. The number of anilines is 2. The second-order valence-corrected chi connectivity index (χ2v) is 10.9. The van der Waals surface area contributed by atoms with E-state index in [2.05, 4.69) is 16.0 Å². The van der Waals surface area contributed by atoms with Crippen molar-refractivity contribution in [2.24, 2.45) is 5.73 Å². The fourth-order valence-electron chi connectivity index (χ4n) is 3.81. The Morgan fingerprint density at radius 3 is 2.24 bits per heavy atom. The number of nitrogens with two attached hydrogens (primary N) is 1. The topological polar surface area (TPSA) is 130 Å². The summed E-state index contributed by atoms with van der Waals surface area (Å²) in [6.07, 6.45) is 1.56. The van der Waals surface area contributed by atoms with Gasteiger partial charge in [0.1, 0.15) is 5.70 Å². The number of carbonyl (C=O) groups excluding carboxylic acids is 4. The van der Waals surface area contributed by atoms with Gasteiger partial charge >= 0.3 is 0 Å². The second kappa shape index (κ2) is 14.2. The Morgan fingerprint density at radius 2 is 1.52 bits per heavy atom. The van der Waals surface area contributed by atoms with Gasteiger partial charge in [0.05, 0.1) is 16.5 Å². The first-order valence-corrected chi connectivity index (χ1v) is 14.1. The van der Waals surface area contributed by atoms with Crippen molar-refractivity contribution in [2.45, 2.75) is 17.1 Å². The van der Waals surface area contributed by atoms with Gasteiger partial charge in [-0.1, -0.05) is 60.1 Å². The van der Waals surface area contributed by atoms with Gasteiger partial charge < -0.3 is 21.7 Å². The molecule has 5 N–H and O–H groups in total. The second-order valence-electron chi connectivity index (χ2n) is 9.07. The summed E-state index contributed by atoms with van der Waals surface area (Å²) in [7, 11) is 0. The first-order valence-electron chi connectivity index (χ1n) is 12.8. The summed E-state index contributed by atoms with van der Waals surface area (Å²) in [5.41, 5.74) is 7.53. The minimum atomic E-state index is -0.640. The van der Waals surface area contributed by atoms with Crippen molar-refractivity contribution in [3.05, 3.63) is 131 Å². The third-order valence-corrected chi connectivity index (χ3v) is 7.28. The smallest absolute Gasteiger partial charge is 0.272 e. The fraction of sp³-hybridized carbons (Fsp3) is 0.0625.